The quantitative estimate of drug-likeness (QED) is 0.165. The van der Waals surface area contributed by atoms with Crippen molar-refractivity contribution >= 4 is 45.9 Å². The van der Waals surface area contributed by atoms with Gasteiger partial charge in [-0.1, -0.05) is 13.0 Å². The molecule has 0 aliphatic carbocycles. The van der Waals surface area contributed by atoms with Crippen molar-refractivity contribution in [2.45, 2.75) is 20.3 Å². The van der Waals surface area contributed by atoms with Crippen molar-refractivity contribution in [1.29, 1.82) is 5.26 Å². The highest BCUT2D eigenvalue weighted by molar-refractivity contribution is 14.1. The first-order chi connectivity index (χ1) is 14.4. The van der Waals surface area contributed by atoms with Gasteiger partial charge < -0.3 is 14.8 Å². The van der Waals surface area contributed by atoms with E-state index in [1.165, 1.54) is 30.3 Å². The minimum atomic E-state index is -0.669. The Morgan fingerprint density at radius 3 is 2.70 bits per heavy atom. The van der Waals surface area contributed by atoms with E-state index in [4.69, 9.17) is 9.47 Å². The molecular formula is C21H20IN3O5. The number of carbonyl (C=O) groups is 1. The fourth-order valence-corrected chi connectivity index (χ4v) is 3.27. The fourth-order valence-electron chi connectivity index (χ4n) is 2.49. The Balaban J connectivity index is 2.32. The summed E-state index contributed by atoms with van der Waals surface area (Å²) in [6, 6.07) is 10.9. The zero-order chi connectivity index (χ0) is 22.1. The number of hydrogen-bond acceptors (Lipinski definition) is 6. The van der Waals surface area contributed by atoms with Gasteiger partial charge in [0.15, 0.2) is 11.5 Å². The normalized spacial score (nSPS) is 10.8. The van der Waals surface area contributed by atoms with Crippen molar-refractivity contribution in [2.75, 3.05) is 18.5 Å². The molecule has 2 aromatic rings. The average Bonchev–Trinajstić information content (AvgIpc) is 2.71. The maximum Gasteiger partial charge on any atom is 0.271 e. The van der Waals surface area contributed by atoms with Crippen molar-refractivity contribution in [3.63, 3.8) is 0 Å². The molecule has 30 heavy (non-hydrogen) atoms. The first-order valence-corrected chi connectivity index (χ1v) is 10.2. The largest absolute Gasteiger partial charge is 0.490 e. The van der Waals surface area contributed by atoms with E-state index in [0.29, 0.717) is 30.3 Å². The number of halogens is 1. The molecule has 0 aliphatic rings. The summed E-state index contributed by atoms with van der Waals surface area (Å²) in [6.07, 6.45) is 2.28. The van der Waals surface area contributed by atoms with E-state index in [1.807, 2.05) is 19.9 Å². The maximum atomic E-state index is 12.5. The third-order valence-corrected chi connectivity index (χ3v) is 4.57. The van der Waals surface area contributed by atoms with Crippen LogP contribution in [0.15, 0.2) is 42.0 Å². The van der Waals surface area contributed by atoms with Crippen molar-refractivity contribution in [2.24, 2.45) is 0 Å². The molecule has 9 heteroatoms. The van der Waals surface area contributed by atoms with Crippen molar-refractivity contribution < 1.29 is 19.2 Å². The van der Waals surface area contributed by atoms with Crippen LogP contribution in [0.1, 0.15) is 25.8 Å². The number of benzene rings is 2. The second-order valence-electron chi connectivity index (χ2n) is 6.04. The van der Waals surface area contributed by atoms with E-state index in [-0.39, 0.29) is 16.9 Å². The SMILES string of the molecule is CCCOc1c(I)cc(/C=C(/C#N)C(=O)Nc2cccc([N+](=O)[O-])c2)cc1OCC. The van der Waals surface area contributed by atoms with Gasteiger partial charge in [-0.25, -0.2) is 0 Å². The van der Waals surface area contributed by atoms with Crippen LogP contribution < -0.4 is 14.8 Å². The number of ether oxygens (including phenoxy) is 2. The lowest BCUT2D eigenvalue weighted by atomic mass is 10.1. The summed E-state index contributed by atoms with van der Waals surface area (Å²) in [6.45, 7) is 4.83. The lowest BCUT2D eigenvalue weighted by Crippen LogP contribution is -2.13. The standard InChI is InChI=1S/C21H20IN3O5/c1-3-8-30-20-18(22)10-14(11-19(20)29-4-2)9-15(13-23)21(26)24-16-6-5-7-17(12-16)25(27)28/h5-7,9-12H,3-4,8H2,1-2H3,(H,24,26)/b15-9-. The molecule has 0 bridgehead atoms. The van der Waals surface area contributed by atoms with Crippen LogP contribution in [0.4, 0.5) is 11.4 Å². The smallest absolute Gasteiger partial charge is 0.271 e. The summed E-state index contributed by atoms with van der Waals surface area (Å²) in [5.41, 5.74) is 0.511. The Labute approximate surface area is 187 Å². The monoisotopic (exact) mass is 521 g/mol. The van der Waals surface area contributed by atoms with Crippen molar-refractivity contribution in [3.05, 3.63) is 61.2 Å². The number of amides is 1. The Morgan fingerprint density at radius 2 is 2.07 bits per heavy atom. The molecule has 156 valence electrons. The Morgan fingerprint density at radius 1 is 1.30 bits per heavy atom. The minimum Gasteiger partial charge on any atom is -0.490 e. The van der Waals surface area contributed by atoms with Gasteiger partial charge in [0.1, 0.15) is 11.6 Å². The molecule has 0 aromatic heterocycles. The predicted octanol–water partition coefficient (Wildman–Crippen LogP) is 4.93. The van der Waals surface area contributed by atoms with Gasteiger partial charge in [0, 0.05) is 17.8 Å². The zero-order valence-electron chi connectivity index (χ0n) is 16.5. The van der Waals surface area contributed by atoms with Crippen LogP contribution >= 0.6 is 22.6 Å². The second-order valence-corrected chi connectivity index (χ2v) is 7.21. The number of hydrogen-bond donors (Lipinski definition) is 1. The van der Waals surface area contributed by atoms with Crippen LogP contribution in [0.5, 0.6) is 11.5 Å². The molecule has 0 heterocycles. The zero-order valence-corrected chi connectivity index (χ0v) is 18.6. The van der Waals surface area contributed by atoms with E-state index in [2.05, 4.69) is 27.9 Å². The highest BCUT2D eigenvalue weighted by Gasteiger charge is 2.15. The highest BCUT2D eigenvalue weighted by Crippen LogP contribution is 2.35. The molecule has 0 atom stereocenters. The number of rotatable bonds is 9. The van der Waals surface area contributed by atoms with Gasteiger partial charge in [-0.3, -0.25) is 14.9 Å². The molecule has 0 saturated carbocycles. The topological polar surface area (TPSA) is 114 Å². The number of nitriles is 1. The molecule has 0 unspecified atom stereocenters. The molecule has 8 nitrogen and oxygen atoms in total. The van der Waals surface area contributed by atoms with Gasteiger partial charge in [0.25, 0.3) is 11.6 Å². The summed E-state index contributed by atoms with van der Waals surface area (Å²) in [7, 11) is 0. The van der Waals surface area contributed by atoms with E-state index in [9.17, 15) is 20.2 Å². The molecule has 1 amide bonds. The van der Waals surface area contributed by atoms with Crippen LogP contribution in [-0.2, 0) is 4.79 Å². The summed E-state index contributed by atoms with van der Waals surface area (Å²) in [4.78, 5) is 22.8. The maximum absolute atomic E-state index is 12.5. The van der Waals surface area contributed by atoms with Crippen LogP contribution in [0, 0.1) is 25.0 Å². The molecule has 0 fully saturated rings. The number of nitrogens with zero attached hydrogens (tertiary/aromatic N) is 2. The second kappa shape index (κ2) is 11.2. The van der Waals surface area contributed by atoms with E-state index < -0.39 is 10.8 Å². The van der Waals surface area contributed by atoms with Gasteiger partial charge in [-0.2, -0.15) is 5.26 Å². The lowest BCUT2D eigenvalue weighted by molar-refractivity contribution is -0.384. The molecule has 0 saturated heterocycles. The number of nitro groups is 1. The van der Waals surface area contributed by atoms with Crippen LogP contribution in [0.25, 0.3) is 6.08 Å². The summed E-state index contributed by atoms with van der Waals surface area (Å²) >= 11 is 2.11. The third kappa shape index (κ3) is 6.18. The first-order valence-electron chi connectivity index (χ1n) is 9.16. The van der Waals surface area contributed by atoms with Gasteiger partial charge in [0.2, 0.25) is 0 Å². The molecule has 0 aliphatic heterocycles. The minimum absolute atomic E-state index is 0.151. The Kier molecular flexibility index (Phi) is 8.61. The Bertz CT molecular complexity index is 1010. The molecule has 0 radical (unpaired) electrons. The van der Waals surface area contributed by atoms with Crippen LogP contribution in [-0.4, -0.2) is 24.0 Å². The Hall–Kier alpha value is -3.13. The van der Waals surface area contributed by atoms with E-state index in [1.54, 1.807) is 12.1 Å². The van der Waals surface area contributed by atoms with Gasteiger partial charge in [-0.15, -0.1) is 0 Å². The van der Waals surface area contributed by atoms with Crippen LogP contribution in [0.3, 0.4) is 0 Å². The van der Waals surface area contributed by atoms with E-state index >= 15 is 0 Å². The average molecular weight is 521 g/mol. The number of non-ortho nitro benzene ring substituents is 1. The summed E-state index contributed by atoms with van der Waals surface area (Å²) < 4.78 is 12.2. The molecule has 2 rings (SSSR count). The van der Waals surface area contributed by atoms with Crippen molar-refractivity contribution in [1.82, 2.24) is 0 Å². The fraction of sp³-hybridized carbons (Fsp3) is 0.238. The number of anilines is 1. The van der Waals surface area contributed by atoms with Crippen molar-refractivity contribution in [3.8, 4) is 17.6 Å². The predicted molar refractivity (Wildman–Crippen MR) is 121 cm³/mol. The van der Waals surface area contributed by atoms with E-state index in [0.717, 1.165) is 9.99 Å². The van der Waals surface area contributed by atoms with Gasteiger partial charge in [-0.05, 0) is 65.8 Å². The van der Waals surface area contributed by atoms with Gasteiger partial charge >= 0.3 is 0 Å². The number of nitro benzene ring substituents is 1. The molecule has 0 spiro atoms. The first kappa shape index (κ1) is 23.2. The molecule has 1 N–H and O–H groups in total. The summed E-state index contributed by atoms with van der Waals surface area (Å²) in [5.74, 6) is 0.480. The number of carbonyl (C=O) groups excluding carboxylic acids is 1. The highest BCUT2D eigenvalue weighted by atomic mass is 127. The molecular weight excluding hydrogens is 501 g/mol. The molecule has 2 aromatic carbocycles. The third-order valence-electron chi connectivity index (χ3n) is 3.77. The summed E-state index contributed by atoms with van der Waals surface area (Å²) in [5, 5.41) is 22.8. The number of nitrogens with one attached hydrogen (secondary N) is 1. The lowest BCUT2D eigenvalue weighted by Gasteiger charge is -2.14. The van der Waals surface area contributed by atoms with Crippen LogP contribution in [0.2, 0.25) is 0 Å². The van der Waals surface area contributed by atoms with Gasteiger partial charge in [0.05, 0.1) is 21.7 Å².